The van der Waals surface area contributed by atoms with Gasteiger partial charge in [-0.15, -0.1) is 0 Å². The van der Waals surface area contributed by atoms with E-state index in [2.05, 4.69) is 67.2 Å². The van der Waals surface area contributed by atoms with Gasteiger partial charge < -0.3 is 10.2 Å². The minimum atomic E-state index is -0.175. The van der Waals surface area contributed by atoms with Gasteiger partial charge in [0.05, 0.1) is 26.2 Å². The predicted octanol–water partition coefficient (Wildman–Crippen LogP) is 7.30. The number of benzene rings is 2. The number of anilines is 1. The fourth-order valence-corrected chi connectivity index (χ4v) is 5.32. The quantitative estimate of drug-likeness (QED) is 0.462. The smallest absolute Gasteiger partial charge is 0.264 e. The zero-order chi connectivity index (χ0) is 23.0. The number of allylic oxidation sites excluding steroid dienone is 1. The molecule has 7 heteroatoms. The molecule has 2 aromatic carbocycles. The highest BCUT2D eigenvalue weighted by Gasteiger charge is 2.31. The highest BCUT2D eigenvalue weighted by molar-refractivity contribution is 8.18. The van der Waals surface area contributed by atoms with E-state index in [1.54, 1.807) is 18.2 Å². The summed E-state index contributed by atoms with van der Waals surface area (Å²) in [6.45, 7) is 9.84. The molecule has 1 amide bonds. The van der Waals surface area contributed by atoms with Crippen molar-refractivity contribution >= 4 is 69.1 Å². The van der Waals surface area contributed by atoms with E-state index in [-0.39, 0.29) is 11.4 Å². The number of hydrogen-bond donors (Lipinski definition) is 1. The number of fused-ring (bicyclic) bond motifs is 1. The van der Waals surface area contributed by atoms with Crippen LogP contribution in [0.15, 0.2) is 52.4 Å². The minimum absolute atomic E-state index is 0.0265. The van der Waals surface area contributed by atoms with Crippen molar-refractivity contribution in [2.24, 2.45) is 4.99 Å². The molecule has 0 bridgehead atoms. The lowest BCUT2D eigenvalue weighted by Gasteiger charge is -2.43. The van der Waals surface area contributed by atoms with Crippen molar-refractivity contribution in [2.45, 2.75) is 39.7 Å². The lowest BCUT2D eigenvalue weighted by molar-refractivity contribution is -0.115. The van der Waals surface area contributed by atoms with Gasteiger partial charge in [-0.05, 0) is 80.4 Å². The zero-order valence-corrected chi connectivity index (χ0v) is 20.8. The van der Waals surface area contributed by atoms with E-state index in [0.717, 1.165) is 18.5 Å². The van der Waals surface area contributed by atoms with Crippen LogP contribution >= 0.6 is 35.0 Å². The number of hydrogen-bond acceptors (Lipinski definition) is 4. The van der Waals surface area contributed by atoms with Crippen LogP contribution in [0, 0.1) is 0 Å². The normalized spacial score (nSPS) is 19.9. The third kappa shape index (κ3) is 4.47. The fourth-order valence-electron chi connectivity index (χ4n) is 4.14. The summed E-state index contributed by atoms with van der Waals surface area (Å²) in [6.07, 6.45) is 5.30. The van der Waals surface area contributed by atoms with Crippen molar-refractivity contribution in [3.8, 4) is 0 Å². The molecule has 0 radical (unpaired) electrons. The molecule has 0 aliphatic carbocycles. The average Bonchev–Trinajstić information content (AvgIpc) is 3.07. The molecule has 1 saturated heterocycles. The maximum absolute atomic E-state index is 12.5. The van der Waals surface area contributed by atoms with E-state index in [1.165, 1.54) is 28.6 Å². The SMILES string of the molecule is CCCN1c2ccc(/C=C3/SC(=Nc4cccc(Cl)c4Cl)NC3=O)cc2C(C)=CC1(C)C. The van der Waals surface area contributed by atoms with Crippen LogP contribution < -0.4 is 10.2 Å². The number of rotatable bonds is 4. The lowest BCUT2D eigenvalue weighted by atomic mass is 9.88. The van der Waals surface area contributed by atoms with Crippen LogP contribution in [0.25, 0.3) is 11.6 Å². The van der Waals surface area contributed by atoms with Gasteiger partial charge >= 0.3 is 0 Å². The first-order chi connectivity index (χ1) is 15.2. The van der Waals surface area contributed by atoms with Crippen molar-refractivity contribution in [3.05, 3.63) is 68.6 Å². The average molecular weight is 486 g/mol. The molecule has 1 N–H and O–H groups in total. The molecule has 32 heavy (non-hydrogen) atoms. The molecule has 4 nitrogen and oxygen atoms in total. The van der Waals surface area contributed by atoms with Gasteiger partial charge in [0.15, 0.2) is 5.17 Å². The van der Waals surface area contributed by atoms with Crippen molar-refractivity contribution in [2.75, 3.05) is 11.4 Å². The topological polar surface area (TPSA) is 44.7 Å². The highest BCUT2D eigenvalue weighted by atomic mass is 35.5. The molecule has 1 fully saturated rings. The van der Waals surface area contributed by atoms with Crippen LogP contribution in [0.2, 0.25) is 10.0 Å². The monoisotopic (exact) mass is 485 g/mol. The van der Waals surface area contributed by atoms with Gasteiger partial charge in [0.2, 0.25) is 0 Å². The fraction of sp³-hybridized carbons (Fsp3) is 0.280. The summed E-state index contributed by atoms with van der Waals surface area (Å²) < 4.78 is 0. The molecule has 0 spiro atoms. The van der Waals surface area contributed by atoms with Gasteiger partial charge in [0.1, 0.15) is 0 Å². The Balaban J connectivity index is 1.64. The molecule has 2 aromatic rings. The summed E-state index contributed by atoms with van der Waals surface area (Å²) in [5.41, 5.74) is 5.17. The Bertz CT molecular complexity index is 1180. The van der Waals surface area contributed by atoms with Gasteiger partial charge in [-0.25, -0.2) is 4.99 Å². The Morgan fingerprint density at radius 1 is 1.22 bits per heavy atom. The number of amides is 1. The number of carbonyl (C=O) groups is 1. The Morgan fingerprint density at radius 3 is 2.75 bits per heavy atom. The Kier molecular flexibility index (Phi) is 6.44. The Hall–Kier alpha value is -2.21. The van der Waals surface area contributed by atoms with E-state index >= 15 is 0 Å². The third-order valence-electron chi connectivity index (χ3n) is 5.55. The van der Waals surface area contributed by atoms with Gasteiger partial charge in [-0.3, -0.25) is 4.79 Å². The van der Waals surface area contributed by atoms with Crippen molar-refractivity contribution in [1.29, 1.82) is 0 Å². The highest BCUT2D eigenvalue weighted by Crippen LogP contribution is 2.40. The standard InChI is InChI=1S/C25H25Cl2N3OS/c1-5-11-30-20-10-9-16(12-17(20)15(2)14-25(30,3)4)13-21-23(31)29-24(32-21)28-19-8-6-7-18(26)22(19)27/h6-10,12-14H,5,11H2,1-4H3,(H,28,29,31)/b21-13+. The van der Waals surface area contributed by atoms with E-state index in [0.29, 0.717) is 25.8 Å². The largest absolute Gasteiger partial charge is 0.362 e. The Labute approximate surface area is 203 Å². The van der Waals surface area contributed by atoms with Crippen LogP contribution in [0.1, 0.15) is 45.2 Å². The van der Waals surface area contributed by atoms with Gasteiger partial charge in [-0.1, -0.05) is 48.3 Å². The van der Waals surface area contributed by atoms with E-state index in [4.69, 9.17) is 23.2 Å². The molecule has 0 saturated carbocycles. The number of carbonyl (C=O) groups excluding carboxylic acids is 1. The third-order valence-corrected chi connectivity index (χ3v) is 7.27. The van der Waals surface area contributed by atoms with Crippen molar-refractivity contribution in [1.82, 2.24) is 5.32 Å². The summed E-state index contributed by atoms with van der Waals surface area (Å²) in [4.78, 5) is 20.0. The lowest BCUT2D eigenvalue weighted by Crippen LogP contribution is -2.45. The molecule has 2 heterocycles. The number of halogens is 2. The summed E-state index contributed by atoms with van der Waals surface area (Å²) in [6, 6.07) is 11.6. The first-order valence-corrected chi connectivity index (χ1v) is 12.1. The van der Waals surface area contributed by atoms with E-state index < -0.39 is 0 Å². The first kappa shape index (κ1) is 23.0. The van der Waals surface area contributed by atoms with E-state index in [9.17, 15) is 4.79 Å². The van der Waals surface area contributed by atoms with Crippen LogP contribution in [0.5, 0.6) is 0 Å². The minimum Gasteiger partial charge on any atom is -0.362 e. The molecule has 2 aliphatic rings. The maximum atomic E-state index is 12.5. The zero-order valence-electron chi connectivity index (χ0n) is 18.5. The number of amidine groups is 1. The molecule has 0 atom stereocenters. The molecule has 166 valence electrons. The van der Waals surface area contributed by atoms with Gasteiger partial charge in [0.25, 0.3) is 5.91 Å². The first-order valence-electron chi connectivity index (χ1n) is 10.5. The van der Waals surface area contributed by atoms with Crippen molar-refractivity contribution in [3.63, 3.8) is 0 Å². The molecule has 0 aromatic heterocycles. The predicted molar refractivity (Wildman–Crippen MR) is 139 cm³/mol. The number of aliphatic imine (C=N–C) groups is 1. The maximum Gasteiger partial charge on any atom is 0.264 e. The van der Waals surface area contributed by atoms with Crippen molar-refractivity contribution < 1.29 is 4.79 Å². The summed E-state index contributed by atoms with van der Waals surface area (Å²) in [7, 11) is 0. The van der Waals surface area contributed by atoms with Crippen LogP contribution in [0.3, 0.4) is 0 Å². The van der Waals surface area contributed by atoms with E-state index in [1.807, 2.05) is 6.08 Å². The van der Waals surface area contributed by atoms with Gasteiger partial charge in [-0.2, -0.15) is 0 Å². The molecule has 2 aliphatic heterocycles. The van der Waals surface area contributed by atoms with Crippen LogP contribution in [0.4, 0.5) is 11.4 Å². The molecule has 0 unspecified atom stereocenters. The Morgan fingerprint density at radius 2 is 2.00 bits per heavy atom. The summed E-state index contributed by atoms with van der Waals surface area (Å²) >= 11 is 13.6. The summed E-state index contributed by atoms with van der Waals surface area (Å²) in [5.74, 6) is -0.175. The molecule has 4 rings (SSSR count). The number of nitrogens with zero attached hydrogens (tertiary/aromatic N) is 2. The number of thioether (sulfide) groups is 1. The van der Waals surface area contributed by atoms with Crippen LogP contribution in [-0.2, 0) is 4.79 Å². The molecular formula is C25H25Cl2N3OS. The second-order valence-electron chi connectivity index (χ2n) is 8.46. The second-order valence-corrected chi connectivity index (χ2v) is 10.3. The van der Waals surface area contributed by atoms with Crippen LogP contribution in [-0.4, -0.2) is 23.2 Å². The second kappa shape index (κ2) is 8.97. The number of nitrogens with one attached hydrogen (secondary N) is 1. The van der Waals surface area contributed by atoms with Gasteiger partial charge in [0, 0.05) is 17.8 Å². The molecular weight excluding hydrogens is 461 g/mol. The summed E-state index contributed by atoms with van der Waals surface area (Å²) in [5, 5.41) is 4.08.